The Balaban J connectivity index is 3.19. The molecule has 1 rings (SSSR count). The van der Waals surface area contributed by atoms with Crippen molar-refractivity contribution in [1.82, 2.24) is 10.2 Å². The molecule has 6 heteroatoms. The average molecular weight is 181 g/mol. The predicted octanol–water partition coefficient (Wildman–Crippen LogP) is -0.638. The normalized spacial score (nSPS) is 9.31. The lowest BCUT2D eigenvalue weighted by molar-refractivity contribution is 0.0596. The minimum absolute atomic E-state index is 0.00171. The molecular weight excluding hydrogens is 174 g/mol. The molecule has 2 N–H and O–H groups in total. The van der Waals surface area contributed by atoms with Crippen molar-refractivity contribution in [1.29, 1.82) is 0 Å². The summed E-state index contributed by atoms with van der Waals surface area (Å²) < 4.78 is 4.41. The van der Waals surface area contributed by atoms with Crippen molar-refractivity contribution in [3.63, 3.8) is 0 Å². The number of esters is 1. The second kappa shape index (κ2) is 3.61. The van der Waals surface area contributed by atoms with Crippen LogP contribution >= 0.6 is 0 Å². The maximum absolute atomic E-state index is 11.0. The Morgan fingerprint density at radius 1 is 1.31 bits per heavy atom. The number of methoxy groups -OCH3 is 1. The van der Waals surface area contributed by atoms with E-state index in [1.165, 1.54) is 7.11 Å². The third kappa shape index (κ3) is 1.78. The molecule has 0 aromatic carbocycles. The smallest absolute Gasteiger partial charge is 0.340 e. The summed E-state index contributed by atoms with van der Waals surface area (Å²) in [6, 6.07) is 0. The summed E-state index contributed by atoms with van der Waals surface area (Å²) >= 11 is 0. The lowest BCUT2D eigenvalue weighted by atomic mass is 10.1. The number of amides is 1. The maximum Gasteiger partial charge on any atom is 0.340 e. The lowest BCUT2D eigenvalue weighted by Gasteiger charge is -2.01. The summed E-state index contributed by atoms with van der Waals surface area (Å²) in [6.07, 6.45) is 2.25. The van der Waals surface area contributed by atoms with E-state index in [9.17, 15) is 9.59 Å². The largest absolute Gasteiger partial charge is 0.465 e. The number of carbonyl (C=O) groups is 2. The highest BCUT2D eigenvalue weighted by atomic mass is 16.5. The first kappa shape index (κ1) is 9.11. The minimum Gasteiger partial charge on any atom is -0.465 e. The first-order chi connectivity index (χ1) is 6.16. The van der Waals surface area contributed by atoms with Crippen molar-refractivity contribution in [2.75, 3.05) is 7.11 Å². The van der Waals surface area contributed by atoms with Crippen LogP contribution in [-0.4, -0.2) is 29.2 Å². The summed E-state index contributed by atoms with van der Waals surface area (Å²) in [5.41, 5.74) is 5.01. The molecule has 0 bridgehead atoms. The van der Waals surface area contributed by atoms with Crippen molar-refractivity contribution in [2.45, 2.75) is 0 Å². The van der Waals surface area contributed by atoms with Crippen LogP contribution in [0.1, 0.15) is 20.7 Å². The molecule has 6 nitrogen and oxygen atoms in total. The number of nitrogens with two attached hydrogens (primary N) is 1. The summed E-state index contributed by atoms with van der Waals surface area (Å²) in [7, 11) is 1.20. The van der Waals surface area contributed by atoms with Gasteiger partial charge in [0.2, 0.25) is 0 Å². The van der Waals surface area contributed by atoms with E-state index in [-0.39, 0.29) is 11.1 Å². The van der Waals surface area contributed by atoms with Crippen molar-refractivity contribution < 1.29 is 14.3 Å². The van der Waals surface area contributed by atoms with Gasteiger partial charge in [0.05, 0.1) is 30.6 Å². The van der Waals surface area contributed by atoms with Crippen LogP contribution in [0.2, 0.25) is 0 Å². The summed E-state index contributed by atoms with van der Waals surface area (Å²) in [6.45, 7) is 0. The Kier molecular flexibility index (Phi) is 2.53. The molecule has 1 amide bonds. The van der Waals surface area contributed by atoms with Crippen molar-refractivity contribution in [2.24, 2.45) is 5.73 Å². The highest BCUT2D eigenvalue weighted by molar-refractivity contribution is 6.04. The first-order valence-corrected chi connectivity index (χ1v) is 3.35. The van der Waals surface area contributed by atoms with Crippen LogP contribution in [0.5, 0.6) is 0 Å². The van der Waals surface area contributed by atoms with E-state index in [2.05, 4.69) is 14.9 Å². The third-order valence-electron chi connectivity index (χ3n) is 1.40. The van der Waals surface area contributed by atoms with Gasteiger partial charge in [0.25, 0.3) is 5.91 Å². The summed E-state index contributed by atoms with van der Waals surface area (Å²) in [5, 5.41) is 6.86. The molecule has 0 saturated carbocycles. The average Bonchev–Trinajstić information content (AvgIpc) is 2.16. The van der Waals surface area contributed by atoms with Gasteiger partial charge >= 0.3 is 5.97 Å². The van der Waals surface area contributed by atoms with E-state index < -0.39 is 11.9 Å². The number of rotatable bonds is 2. The number of aromatic nitrogens is 2. The van der Waals surface area contributed by atoms with Crippen LogP contribution in [0, 0.1) is 0 Å². The van der Waals surface area contributed by atoms with Crippen LogP contribution in [0.4, 0.5) is 0 Å². The highest BCUT2D eigenvalue weighted by Crippen LogP contribution is 2.05. The lowest BCUT2D eigenvalue weighted by Crippen LogP contribution is -2.17. The van der Waals surface area contributed by atoms with Crippen LogP contribution in [0.15, 0.2) is 12.4 Å². The second-order valence-corrected chi connectivity index (χ2v) is 2.17. The molecule has 0 aliphatic heterocycles. The zero-order valence-corrected chi connectivity index (χ0v) is 6.85. The van der Waals surface area contributed by atoms with Gasteiger partial charge in [-0.05, 0) is 0 Å². The molecule has 0 atom stereocenters. The van der Waals surface area contributed by atoms with Gasteiger partial charge in [-0.1, -0.05) is 0 Å². The first-order valence-electron chi connectivity index (χ1n) is 3.35. The topological polar surface area (TPSA) is 95.2 Å². The Morgan fingerprint density at radius 3 is 2.31 bits per heavy atom. The number of ether oxygens (including phenoxy) is 1. The molecule has 0 aliphatic carbocycles. The zero-order chi connectivity index (χ0) is 9.84. The van der Waals surface area contributed by atoms with Crippen molar-refractivity contribution in [3.05, 3.63) is 23.5 Å². The van der Waals surface area contributed by atoms with E-state index >= 15 is 0 Å². The van der Waals surface area contributed by atoms with Crippen molar-refractivity contribution >= 4 is 11.9 Å². The van der Waals surface area contributed by atoms with E-state index in [0.717, 1.165) is 12.4 Å². The molecule has 68 valence electrons. The van der Waals surface area contributed by atoms with Crippen LogP contribution < -0.4 is 5.73 Å². The highest BCUT2D eigenvalue weighted by Gasteiger charge is 2.15. The van der Waals surface area contributed by atoms with Crippen LogP contribution in [0.3, 0.4) is 0 Å². The Morgan fingerprint density at radius 2 is 1.85 bits per heavy atom. The zero-order valence-electron chi connectivity index (χ0n) is 6.85. The van der Waals surface area contributed by atoms with Gasteiger partial charge in [0.1, 0.15) is 0 Å². The number of carbonyl (C=O) groups excluding carboxylic acids is 2. The minimum atomic E-state index is -0.740. The fourth-order valence-corrected chi connectivity index (χ4v) is 0.790. The molecule has 1 heterocycles. The van der Waals surface area contributed by atoms with E-state index in [0.29, 0.717) is 0 Å². The van der Waals surface area contributed by atoms with Crippen molar-refractivity contribution in [3.8, 4) is 0 Å². The molecule has 13 heavy (non-hydrogen) atoms. The van der Waals surface area contributed by atoms with Crippen LogP contribution in [0.25, 0.3) is 0 Å². The molecule has 0 radical (unpaired) electrons. The van der Waals surface area contributed by atoms with Gasteiger partial charge in [0, 0.05) is 0 Å². The van der Waals surface area contributed by atoms with Gasteiger partial charge < -0.3 is 10.5 Å². The Bertz CT molecular complexity index is 351. The van der Waals surface area contributed by atoms with E-state index in [1.807, 2.05) is 0 Å². The molecular formula is C7H7N3O3. The van der Waals surface area contributed by atoms with E-state index in [4.69, 9.17) is 5.73 Å². The quantitative estimate of drug-likeness (QED) is 0.612. The number of hydrogen-bond acceptors (Lipinski definition) is 5. The number of hydrogen-bond donors (Lipinski definition) is 1. The second-order valence-electron chi connectivity index (χ2n) is 2.17. The maximum atomic E-state index is 11.0. The molecule has 0 fully saturated rings. The number of primary amides is 1. The van der Waals surface area contributed by atoms with E-state index in [1.54, 1.807) is 0 Å². The molecule has 0 unspecified atom stereocenters. The Labute approximate surface area is 73.7 Å². The Hall–Kier alpha value is -1.98. The molecule has 1 aromatic rings. The molecule has 1 aromatic heterocycles. The monoisotopic (exact) mass is 181 g/mol. The standard InChI is InChI=1S/C7H7N3O3/c1-13-7(12)5-3-10-9-2-4(5)6(8)11/h2-3H,1H3,(H2,8,11). The fourth-order valence-electron chi connectivity index (χ4n) is 0.790. The summed E-state index contributed by atoms with van der Waals surface area (Å²) in [5.74, 6) is -1.40. The van der Waals surface area contributed by atoms with Gasteiger partial charge in [-0.3, -0.25) is 4.79 Å². The van der Waals surface area contributed by atoms with Gasteiger partial charge in [-0.2, -0.15) is 10.2 Å². The van der Waals surface area contributed by atoms with Gasteiger partial charge in [-0.15, -0.1) is 0 Å². The molecule has 0 spiro atoms. The SMILES string of the molecule is COC(=O)c1cnncc1C(N)=O. The number of nitrogens with zero attached hydrogens (tertiary/aromatic N) is 2. The molecule has 0 saturated heterocycles. The fraction of sp³-hybridized carbons (Fsp3) is 0.143. The van der Waals surface area contributed by atoms with Gasteiger partial charge in [-0.25, -0.2) is 4.79 Å². The molecule has 0 aliphatic rings. The van der Waals surface area contributed by atoms with Crippen LogP contribution in [-0.2, 0) is 4.74 Å². The predicted molar refractivity (Wildman–Crippen MR) is 41.9 cm³/mol. The van der Waals surface area contributed by atoms with Gasteiger partial charge in [0.15, 0.2) is 0 Å². The summed E-state index contributed by atoms with van der Waals surface area (Å²) in [4.78, 5) is 21.8. The third-order valence-corrected chi connectivity index (χ3v) is 1.40.